The first kappa shape index (κ1) is 22.9. The number of sulfonamides is 1. The Labute approximate surface area is 182 Å². The molecular weight excluding hydrogens is 422 g/mol. The van der Waals surface area contributed by atoms with Crippen molar-refractivity contribution in [2.45, 2.75) is 18.2 Å². The van der Waals surface area contributed by atoms with Gasteiger partial charge in [-0.2, -0.15) is 4.31 Å². The number of carbonyl (C=O) groups is 1. The van der Waals surface area contributed by atoms with E-state index in [1.807, 2.05) is 31.2 Å². The molecule has 1 aliphatic heterocycles. The summed E-state index contributed by atoms with van der Waals surface area (Å²) in [7, 11) is -1.02. The second-order valence-electron chi connectivity index (χ2n) is 7.01. The average Bonchev–Trinajstić information content (AvgIpc) is 2.82. The number of carbonyl (C=O) groups excluding carboxylic acids is 1. The van der Waals surface area contributed by atoms with E-state index in [0.29, 0.717) is 25.1 Å². The van der Waals surface area contributed by atoms with Crippen molar-refractivity contribution in [3.8, 4) is 11.5 Å². The molecule has 3 rings (SSSR count). The van der Waals surface area contributed by atoms with E-state index in [9.17, 15) is 18.4 Å². The summed E-state index contributed by atoms with van der Waals surface area (Å²) in [6.07, 6.45) is 0.537. The summed E-state index contributed by atoms with van der Waals surface area (Å²) < 4.78 is 38.7. The number of amides is 1. The van der Waals surface area contributed by atoms with Gasteiger partial charge >= 0.3 is 0 Å². The molecule has 1 fully saturated rings. The molecule has 168 valence electrons. The van der Waals surface area contributed by atoms with Crippen LogP contribution in [0.5, 0.6) is 11.5 Å². The molecule has 1 aliphatic rings. The predicted molar refractivity (Wildman–Crippen MR) is 116 cm³/mol. The topological polar surface area (TPSA) is 108 Å². The number of methoxy groups -OCH3 is 2. The molecule has 0 unspecified atom stereocenters. The molecule has 0 radical (unpaired) electrons. The fourth-order valence-electron chi connectivity index (χ4n) is 3.72. The summed E-state index contributed by atoms with van der Waals surface area (Å²) in [4.78, 5) is 14.3. The minimum Gasteiger partial charge on any atom is -0.497 e. The number of ether oxygens (including phenoxy) is 2. The lowest BCUT2D eigenvalue weighted by Gasteiger charge is -2.35. The van der Waals surface area contributed by atoms with Gasteiger partial charge in [-0.3, -0.25) is 10.0 Å². The number of piperazine rings is 1. The summed E-state index contributed by atoms with van der Waals surface area (Å²) in [5.74, 6) is -0.0290. The molecule has 0 aromatic heterocycles. The van der Waals surface area contributed by atoms with Crippen LogP contribution in [0.15, 0.2) is 41.3 Å². The van der Waals surface area contributed by atoms with E-state index in [4.69, 9.17) is 9.47 Å². The van der Waals surface area contributed by atoms with Crippen molar-refractivity contribution in [2.24, 2.45) is 0 Å². The fraction of sp³-hybridized carbons (Fsp3) is 0.381. The number of hydroxylamine groups is 1. The van der Waals surface area contributed by atoms with E-state index < -0.39 is 15.9 Å². The Balaban J connectivity index is 1.88. The quantitative estimate of drug-likeness (QED) is 0.491. The molecule has 10 heteroatoms. The zero-order valence-electron chi connectivity index (χ0n) is 17.8. The van der Waals surface area contributed by atoms with Crippen LogP contribution in [0.3, 0.4) is 0 Å². The van der Waals surface area contributed by atoms with Gasteiger partial charge in [0.15, 0.2) is 0 Å². The van der Waals surface area contributed by atoms with Crippen LogP contribution in [0.25, 0.3) is 0 Å². The average molecular weight is 450 g/mol. The van der Waals surface area contributed by atoms with E-state index >= 15 is 0 Å². The third kappa shape index (κ3) is 4.46. The number of hydrogen-bond acceptors (Lipinski definition) is 7. The molecule has 1 heterocycles. The molecule has 0 spiro atoms. The summed E-state index contributed by atoms with van der Waals surface area (Å²) in [6, 6.07) is 10.6. The highest BCUT2D eigenvalue weighted by molar-refractivity contribution is 7.89. The lowest BCUT2D eigenvalue weighted by Crippen LogP contribution is -2.49. The standard InChI is InChI=1S/C21H27N3O6S/c1-4-15-5-10-18(19(20(15)30-3)21(25)22-26)31(27,28)24-13-11-23(12-14-24)16-6-8-17(29-2)9-7-16/h5-10,26H,4,11-14H2,1-3H3,(H,22,25). The van der Waals surface area contributed by atoms with Gasteiger partial charge in [-0.1, -0.05) is 13.0 Å². The predicted octanol–water partition coefficient (Wildman–Crippen LogP) is 1.90. The van der Waals surface area contributed by atoms with Gasteiger partial charge < -0.3 is 14.4 Å². The van der Waals surface area contributed by atoms with E-state index in [-0.39, 0.29) is 29.3 Å². The highest BCUT2D eigenvalue weighted by Gasteiger charge is 2.34. The van der Waals surface area contributed by atoms with Crippen LogP contribution in [0, 0.1) is 0 Å². The van der Waals surface area contributed by atoms with Crippen LogP contribution < -0.4 is 19.9 Å². The molecule has 1 amide bonds. The molecule has 2 aromatic carbocycles. The van der Waals surface area contributed by atoms with Gasteiger partial charge in [-0.05, 0) is 42.3 Å². The Morgan fingerprint density at radius 1 is 1.03 bits per heavy atom. The minimum absolute atomic E-state index is 0.145. The number of hydrogen-bond donors (Lipinski definition) is 2. The largest absolute Gasteiger partial charge is 0.497 e. The van der Waals surface area contributed by atoms with Crippen LogP contribution in [0.2, 0.25) is 0 Å². The van der Waals surface area contributed by atoms with E-state index in [1.54, 1.807) is 18.7 Å². The van der Waals surface area contributed by atoms with Gasteiger partial charge in [-0.25, -0.2) is 13.9 Å². The lowest BCUT2D eigenvalue weighted by molar-refractivity contribution is 0.0699. The van der Waals surface area contributed by atoms with Crippen molar-refractivity contribution < 1.29 is 27.9 Å². The molecule has 0 saturated carbocycles. The van der Waals surface area contributed by atoms with Crippen molar-refractivity contribution in [1.82, 2.24) is 9.79 Å². The molecule has 0 aliphatic carbocycles. The van der Waals surface area contributed by atoms with Gasteiger partial charge in [0.05, 0.1) is 19.1 Å². The Kier molecular flexibility index (Phi) is 7.04. The summed E-state index contributed by atoms with van der Waals surface area (Å²) in [6.45, 7) is 3.37. The fourth-order valence-corrected chi connectivity index (χ4v) is 5.33. The van der Waals surface area contributed by atoms with Crippen molar-refractivity contribution >= 4 is 21.6 Å². The number of nitrogens with zero attached hydrogens (tertiary/aromatic N) is 2. The Morgan fingerprint density at radius 2 is 1.68 bits per heavy atom. The highest BCUT2D eigenvalue weighted by atomic mass is 32.2. The van der Waals surface area contributed by atoms with Gasteiger partial charge in [0, 0.05) is 31.9 Å². The van der Waals surface area contributed by atoms with Crippen LogP contribution in [0.1, 0.15) is 22.8 Å². The van der Waals surface area contributed by atoms with Crippen molar-refractivity contribution in [2.75, 3.05) is 45.3 Å². The Morgan fingerprint density at radius 3 is 2.19 bits per heavy atom. The maximum absolute atomic E-state index is 13.4. The summed E-state index contributed by atoms with van der Waals surface area (Å²) >= 11 is 0. The summed E-state index contributed by atoms with van der Waals surface area (Å²) in [5, 5.41) is 9.19. The Bertz CT molecular complexity index is 1030. The van der Waals surface area contributed by atoms with E-state index in [2.05, 4.69) is 4.90 Å². The number of aryl methyl sites for hydroxylation is 1. The number of anilines is 1. The van der Waals surface area contributed by atoms with Crippen molar-refractivity contribution in [3.63, 3.8) is 0 Å². The van der Waals surface area contributed by atoms with E-state index in [0.717, 1.165) is 11.4 Å². The third-order valence-electron chi connectivity index (χ3n) is 5.41. The van der Waals surface area contributed by atoms with Crippen LogP contribution in [-0.4, -0.2) is 64.2 Å². The first-order valence-corrected chi connectivity index (χ1v) is 11.3. The zero-order chi connectivity index (χ0) is 22.6. The van der Waals surface area contributed by atoms with Crippen LogP contribution in [0.4, 0.5) is 5.69 Å². The smallest absolute Gasteiger partial charge is 0.279 e. The molecule has 9 nitrogen and oxygen atoms in total. The monoisotopic (exact) mass is 449 g/mol. The number of benzene rings is 2. The van der Waals surface area contributed by atoms with Gasteiger partial charge in [-0.15, -0.1) is 0 Å². The highest BCUT2D eigenvalue weighted by Crippen LogP contribution is 2.33. The molecule has 31 heavy (non-hydrogen) atoms. The van der Waals surface area contributed by atoms with Crippen LogP contribution in [-0.2, 0) is 16.4 Å². The summed E-state index contributed by atoms with van der Waals surface area (Å²) in [5.41, 5.74) is 3.00. The maximum atomic E-state index is 13.4. The molecular formula is C21H27N3O6S. The SMILES string of the molecule is CCc1ccc(S(=O)(=O)N2CCN(c3ccc(OC)cc3)CC2)c(C(=O)NO)c1OC. The number of nitrogens with one attached hydrogen (secondary N) is 1. The molecule has 0 atom stereocenters. The number of rotatable bonds is 7. The van der Waals surface area contributed by atoms with Gasteiger partial charge in [0.1, 0.15) is 17.1 Å². The Hall–Kier alpha value is -2.82. The van der Waals surface area contributed by atoms with Gasteiger partial charge in [0.25, 0.3) is 5.91 Å². The second kappa shape index (κ2) is 9.54. The molecule has 2 N–H and O–H groups in total. The lowest BCUT2D eigenvalue weighted by atomic mass is 10.1. The van der Waals surface area contributed by atoms with Crippen molar-refractivity contribution in [3.05, 3.63) is 47.5 Å². The minimum atomic E-state index is -3.99. The second-order valence-corrected chi connectivity index (χ2v) is 8.92. The third-order valence-corrected chi connectivity index (χ3v) is 7.35. The van der Waals surface area contributed by atoms with Gasteiger partial charge in [0.2, 0.25) is 10.0 Å². The maximum Gasteiger partial charge on any atom is 0.279 e. The normalized spacial score (nSPS) is 14.9. The van der Waals surface area contributed by atoms with Crippen molar-refractivity contribution in [1.29, 1.82) is 0 Å². The van der Waals surface area contributed by atoms with Crippen LogP contribution >= 0.6 is 0 Å². The molecule has 1 saturated heterocycles. The zero-order valence-corrected chi connectivity index (χ0v) is 18.6. The molecule has 0 bridgehead atoms. The first-order valence-electron chi connectivity index (χ1n) is 9.90. The molecule has 2 aromatic rings. The van der Waals surface area contributed by atoms with E-state index in [1.165, 1.54) is 17.5 Å². The first-order chi connectivity index (χ1) is 14.9.